The van der Waals surface area contributed by atoms with Gasteiger partial charge < -0.3 is 10.4 Å². The molecule has 0 radical (unpaired) electrons. The molecule has 1 aliphatic rings. The van der Waals surface area contributed by atoms with E-state index in [1.807, 2.05) is 13.0 Å². The average molecular weight is 266 g/mol. The molecular weight excluding hydrogens is 243 g/mol. The highest BCUT2D eigenvalue weighted by atomic mass is 19.1. The fourth-order valence-corrected chi connectivity index (χ4v) is 2.78. The van der Waals surface area contributed by atoms with Crippen LogP contribution in [0.5, 0.6) is 0 Å². The van der Waals surface area contributed by atoms with Crippen molar-refractivity contribution in [2.45, 2.75) is 25.8 Å². The SMILES string of the molecule is Cc1ccc(F)cc1[C@@H](CCCO)N1CCNCC1. The molecule has 0 saturated carbocycles. The molecule has 1 aliphatic heterocycles. The van der Waals surface area contributed by atoms with Crippen LogP contribution in [0.4, 0.5) is 4.39 Å². The quantitative estimate of drug-likeness (QED) is 0.854. The van der Waals surface area contributed by atoms with Crippen LogP contribution < -0.4 is 5.32 Å². The van der Waals surface area contributed by atoms with E-state index in [0.717, 1.165) is 50.1 Å². The fraction of sp³-hybridized carbons (Fsp3) is 0.600. The monoisotopic (exact) mass is 266 g/mol. The first-order chi connectivity index (χ1) is 9.22. The van der Waals surface area contributed by atoms with Gasteiger partial charge in [-0.25, -0.2) is 4.39 Å². The number of halogens is 1. The highest BCUT2D eigenvalue weighted by Gasteiger charge is 2.23. The van der Waals surface area contributed by atoms with Crippen LogP contribution in [0.15, 0.2) is 18.2 Å². The van der Waals surface area contributed by atoms with Gasteiger partial charge in [0.2, 0.25) is 0 Å². The van der Waals surface area contributed by atoms with Crippen molar-refractivity contribution >= 4 is 0 Å². The summed E-state index contributed by atoms with van der Waals surface area (Å²) in [7, 11) is 0. The number of aliphatic hydroxyl groups is 1. The molecule has 1 atom stereocenters. The van der Waals surface area contributed by atoms with E-state index < -0.39 is 0 Å². The third kappa shape index (κ3) is 3.75. The molecular formula is C15H23FN2O. The van der Waals surface area contributed by atoms with Gasteiger partial charge in [0.25, 0.3) is 0 Å². The predicted molar refractivity (Wildman–Crippen MR) is 74.6 cm³/mol. The maximum Gasteiger partial charge on any atom is 0.123 e. The molecule has 0 aromatic heterocycles. The zero-order valence-electron chi connectivity index (χ0n) is 11.5. The van der Waals surface area contributed by atoms with E-state index in [2.05, 4.69) is 10.2 Å². The molecule has 4 heteroatoms. The first-order valence-corrected chi connectivity index (χ1v) is 7.04. The normalized spacial score (nSPS) is 18.5. The molecule has 1 aromatic rings. The van der Waals surface area contributed by atoms with E-state index >= 15 is 0 Å². The number of aryl methyl sites for hydroxylation is 1. The van der Waals surface area contributed by atoms with Crippen LogP contribution in [0.1, 0.15) is 30.0 Å². The summed E-state index contributed by atoms with van der Waals surface area (Å²) in [6.07, 6.45) is 1.63. The number of benzene rings is 1. The smallest absolute Gasteiger partial charge is 0.123 e. The number of nitrogens with one attached hydrogen (secondary N) is 1. The second-order valence-corrected chi connectivity index (χ2v) is 5.17. The van der Waals surface area contributed by atoms with E-state index in [-0.39, 0.29) is 18.5 Å². The Balaban J connectivity index is 2.22. The van der Waals surface area contributed by atoms with Gasteiger partial charge in [-0.15, -0.1) is 0 Å². The van der Waals surface area contributed by atoms with Gasteiger partial charge in [-0.1, -0.05) is 6.07 Å². The standard InChI is InChI=1S/C15H23FN2O/c1-12-4-5-13(16)11-14(12)15(3-2-10-19)18-8-6-17-7-9-18/h4-5,11,15,17,19H,2-3,6-10H2,1H3/t15-/m1/s1. The third-order valence-corrected chi connectivity index (χ3v) is 3.83. The largest absolute Gasteiger partial charge is 0.396 e. The molecule has 1 aromatic carbocycles. The van der Waals surface area contributed by atoms with E-state index in [4.69, 9.17) is 5.11 Å². The Morgan fingerprint density at radius 1 is 1.37 bits per heavy atom. The minimum atomic E-state index is -0.176. The van der Waals surface area contributed by atoms with E-state index in [0.29, 0.717) is 0 Å². The summed E-state index contributed by atoms with van der Waals surface area (Å²) < 4.78 is 13.5. The fourth-order valence-electron chi connectivity index (χ4n) is 2.78. The van der Waals surface area contributed by atoms with E-state index in [1.165, 1.54) is 6.07 Å². The topological polar surface area (TPSA) is 35.5 Å². The summed E-state index contributed by atoms with van der Waals surface area (Å²) in [6, 6.07) is 5.22. The molecule has 19 heavy (non-hydrogen) atoms. The number of piperazine rings is 1. The predicted octanol–water partition coefficient (Wildman–Crippen LogP) is 1.85. The highest BCUT2D eigenvalue weighted by molar-refractivity contribution is 5.29. The molecule has 0 bridgehead atoms. The summed E-state index contributed by atoms with van der Waals surface area (Å²) in [6.45, 7) is 6.13. The van der Waals surface area contributed by atoms with Crippen LogP contribution in [-0.2, 0) is 0 Å². The molecule has 1 heterocycles. The first kappa shape index (κ1) is 14.4. The van der Waals surface area contributed by atoms with Crippen LogP contribution >= 0.6 is 0 Å². The van der Waals surface area contributed by atoms with Gasteiger partial charge >= 0.3 is 0 Å². The molecule has 1 fully saturated rings. The van der Waals surface area contributed by atoms with Gasteiger partial charge in [-0.2, -0.15) is 0 Å². The lowest BCUT2D eigenvalue weighted by Gasteiger charge is -2.36. The van der Waals surface area contributed by atoms with Crippen molar-refractivity contribution in [2.24, 2.45) is 0 Å². The zero-order valence-corrected chi connectivity index (χ0v) is 11.5. The second-order valence-electron chi connectivity index (χ2n) is 5.17. The number of rotatable bonds is 5. The molecule has 0 aliphatic carbocycles. The summed E-state index contributed by atoms with van der Waals surface area (Å²) >= 11 is 0. The highest BCUT2D eigenvalue weighted by Crippen LogP contribution is 2.29. The lowest BCUT2D eigenvalue weighted by molar-refractivity contribution is 0.154. The van der Waals surface area contributed by atoms with Crippen molar-refractivity contribution in [3.8, 4) is 0 Å². The summed E-state index contributed by atoms with van der Waals surface area (Å²) in [5.74, 6) is -0.176. The van der Waals surface area contributed by atoms with Crippen LogP contribution in [0, 0.1) is 12.7 Å². The molecule has 0 amide bonds. The van der Waals surface area contributed by atoms with Crippen LogP contribution in [-0.4, -0.2) is 42.8 Å². The van der Waals surface area contributed by atoms with Crippen molar-refractivity contribution in [3.63, 3.8) is 0 Å². The van der Waals surface area contributed by atoms with Gasteiger partial charge in [0.15, 0.2) is 0 Å². The van der Waals surface area contributed by atoms with E-state index in [1.54, 1.807) is 6.07 Å². The van der Waals surface area contributed by atoms with Crippen LogP contribution in [0.25, 0.3) is 0 Å². The summed E-state index contributed by atoms with van der Waals surface area (Å²) in [5, 5.41) is 12.4. The maximum atomic E-state index is 13.5. The Bertz CT molecular complexity index is 405. The molecule has 2 N–H and O–H groups in total. The van der Waals surface area contributed by atoms with E-state index in [9.17, 15) is 4.39 Å². The van der Waals surface area contributed by atoms with Crippen LogP contribution in [0.3, 0.4) is 0 Å². The molecule has 2 rings (SSSR count). The minimum Gasteiger partial charge on any atom is -0.396 e. The Hall–Kier alpha value is -0.970. The average Bonchev–Trinajstić information content (AvgIpc) is 2.44. The van der Waals surface area contributed by atoms with Gasteiger partial charge in [-0.3, -0.25) is 4.90 Å². The maximum absolute atomic E-state index is 13.5. The molecule has 1 saturated heterocycles. The minimum absolute atomic E-state index is 0.176. The number of hydrogen-bond acceptors (Lipinski definition) is 3. The van der Waals surface area contributed by atoms with Gasteiger partial charge in [0.1, 0.15) is 5.82 Å². The van der Waals surface area contributed by atoms with Crippen molar-refractivity contribution in [3.05, 3.63) is 35.1 Å². The zero-order chi connectivity index (χ0) is 13.7. The Kier molecular flexibility index (Phi) is 5.31. The van der Waals surface area contributed by atoms with Gasteiger partial charge in [-0.05, 0) is 43.0 Å². The van der Waals surface area contributed by atoms with Gasteiger partial charge in [0.05, 0.1) is 0 Å². The third-order valence-electron chi connectivity index (χ3n) is 3.83. The Morgan fingerprint density at radius 3 is 2.79 bits per heavy atom. The van der Waals surface area contributed by atoms with Crippen molar-refractivity contribution in [2.75, 3.05) is 32.8 Å². The Morgan fingerprint density at radius 2 is 2.11 bits per heavy atom. The van der Waals surface area contributed by atoms with Crippen molar-refractivity contribution in [1.82, 2.24) is 10.2 Å². The lowest BCUT2D eigenvalue weighted by atomic mass is 9.95. The van der Waals surface area contributed by atoms with Crippen LogP contribution in [0.2, 0.25) is 0 Å². The second kappa shape index (κ2) is 6.98. The first-order valence-electron chi connectivity index (χ1n) is 7.04. The van der Waals surface area contributed by atoms with Crippen molar-refractivity contribution in [1.29, 1.82) is 0 Å². The number of nitrogens with zero attached hydrogens (tertiary/aromatic N) is 1. The number of hydrogen-bond donors (Lipinski definition) is 2. The summed E-state index contributed by atoms with van der Waals surface area (Å²) in [5.41, 5.74) is 2.19. The van der Waals surface area contributed by atoms with Gasteiger partial charge in [0, 0.05) is 38.8 Å². The molecule has 106 valence electrons. The van der Waals surface area contributed by atoms with Crippen molar-refractivity contribution < 1.29 is 9.50 Å². The number of aliphatic hydroxyl groups excluding tert-OH is 1. The molecule has 3 nitrogen and oxygen atoms in total. The molecule has 0 unspecified atom stereocenters. The lowest BCUT2D eigenvalue weighted by Crippen LogP contribution is -2.45. The molecule has 0 spiro atoms. The Labute approximate surface area is 114 Å². The summed E-state index contributed by atoms with van der Waals surface area (Å²) in [4.78, 5) is 2.40.